The minimum absolute atomic E-state index is 0.250. The van der Waals surface area contributed by atoms with Gasteiger partial charge in [0.1, 0.15) is 5.75 Å². The third-order valence-electron chi connectivity index (χ3n) is 5.28. The molecular weight excluding hydrogens is 447 g/mol. The van der Waals surface area contributed by atoms with Gasteiger partial charge in [-0.15, -0.1) is 0 Å². The van der Waals surface area contributed by atoms with Crippen LogP contribution in [0.4, 0.5) is 0 Å². The number of ether oxygens (including phenoxy) is 1. The number of rotatable bonds is 12. The summed E-state index contributed by atoms with van der Waals surface area (Å²) in [5.41, 5.74) is 2.23. The first-order chi connectivity index (χ1) is 15.3. The standard InChI is InChI=1S/C24H34Cl2N2O.CH2O2/c1-5-20(14-15-28(4)6-2)29-21-12-10-19(11-13-21)16-18(3)27-17-22-23(25)8-7-9-24(22)26;2-1-3/h7-13,18,20,27H,5-6,14-17H2,1-4H3;1H,(H,2,3)/t18-,20?;/m1./s1. The number of halogens is 2. The Morgan fingerprint density at radius 3 is 2.25 bits per heavy atom. The smallest absolute Gasteiger partial charge is 0.290 e. The van der Waals surface area contributed by atoms with E-state index in [4.69, 9.17) is 37.8 Å². The van der Waals surface area contributed by atoms with E-state index in [0.717, 1.165) is 43.7 Å². The molecule has 2 atom stereocenters. The molecule has 7 heteroatoms. The van der Waals surface area contributed by atoms with E-state index >= 15 is 0 Å². The molecule has 0 spiro atoms. The Bertz CT molecular complexity index is 767. The summed E-state index contributed by atoms with van der Waals surface area (Å²) in [6, 6.07) is 14.4. The Morgan fingerprint density at radius 2 is 1.72 bits per heavy atom. The molecule has 0 amide bonds. The maximum atomic E-state index is 8.36. The molecule has 178 valence electrons. The van der Waals surface area contributed by atoms with Crippen molar-refractivity contribution in [3.63, 3.8) is 0 Å². The van der Waals surface area contributed by atoms with E-state index in [2.05, 4.69) is 62.3 Å². The first-order valence-electron chi connectivity index (χ1n) is 11.0. The molecule has 0 aliphatic carbocycles. The average Bonchev–Trinajstić information content (AvgIpc) is 2.77. The molecule has 32 heavy (non-hydrogen) atoms. The molecule has 2 rings (SSSR count). The molecule has 2 aromatic carbocycles. The lowest BCUT2D eigenvalue weighted by Gasteiger charge is -2.21. The molecule has 2 N–H and O–H groups in total. The third-order valence-corrected chi connectivity index (χ3v) is 5.99. The van der Waals surface area contributed by atoms with Crippen LogP contribution in [0.2, 0.25) is 10.0 Å². The van der Waals surface area contributed by atoms with E-state index in [1.807, 2.05) is 18.2 Å². The van der Waals surface area contributed by atoms with Crippen LogP contribution >= 0.6 is 23.2 Å². The number of hydrogen-bond donors (Lipinski definition) is 2. The summed E-state index contributed by atoms with van der Waals surface area (Å²) in [6.45, 7) is 9.08. The molecule has 0 saturated carbocycles. The first-order valence-corrected chi connectivity index (χ1v) is 11.8. The second-order valence-corrected chi connectivity index (χ2v) is 8.58. The predicted octanol–water partition coefficient (Wildman–Crippen LogP) is 5.91. The van der Waals surface area contributed by atoms with Gasteiger partial charge in [-0.3, -0.25) is 4.79 Å². The van der Waals surface area contributed by atoms with Crippen LogP contribution in [-0.4, -0.2) is 48.8 Å². The summed E-state index contributed by atoms with van der Waals surface area (Å²) in [5.74, 6) is 0.947. The van der Waals surface area contributed by atoms with Crippen molar-refractivity contribution in [3.8, 4) is 5.75 Å². The van der Waals surface area contributed by atoms with Crippen molar-refractivity contribution in [2.75, 3.05) is 20.1 Å². The average molecular weight is 483 g/mol. The van der Waals surface area contributed by atoms with Gasteiger partial charge in [0, 0.05) is 34.7 Å². The fraction of sp³-hybridized carbons (Fsp3) is 0.480. The van der Waals surface area contributed by atoms with Gasteiger partial charge in [-0.25, -0.2) is 0 Å². The molecule has 5 nitrogen and oxygen atoms in total. The zero-order valence-corrected chi connectivity index (χ0v) is 21.0. The second-order valence-electron chi connectivity index (χ2n) is 7.77. The van der Waals surface area contributed by atoms with E-state index in [1.54, 1.807) is 0 Å². The van der Waals surface area contributed by atoms with Crippen LogP contribution in [0.15, 0.2) is 42.5 Å². The number of carbonyl (C=O) groups is 1. The quantitative estimate of drug-likeness (QED) is 0.368. The minimum Gasteiger partial charge on any atom is -0.490 e. The van der Waals surface area contributed by atoms with Crippen LogP contribution in [-0.2, 0) is 17.8 Å². The van der Waals surface area contributed by atoms with Gasteiger partial charge >= 0.3 is 0 Å². The zero-order chi connectivity index (χ0) is 23.9. The Morgan fingerprint density at radius 1 is 1.12 bits per heavy atom. The third kappa shape index (κ3) is 10.7. The zero-order valence-electron chi connectivity index (χ0n) is 19.5. The molecule has 0 heterocycles. The lowest BCUT2D eigenvalue weighted by atomic mass is 10.1. The molecule has 0 aromatic heterocycles. The molecule has 2 aromatic rings. The van der Waals surface area contributed by atoms with Crippen LogP contribution < -0.4 is 10.1 Å². The van der Waals surface area contributed by atoms with E-state index in [0.29, 0.717) is 22.6 Å². The van der Waals surface area contributed by atoms with E-state index in [9.17, 15) is 0 Å². The van der Waals surface area contributed by atoms with Crippen molar-refractivity contribution in [2.24, 2.45) is 0 Å². The van der Waals surface area contributed by atoms with Crippen LogP contribution in [0.1, 0.15) is 44.7 Å². The lowest BCUT2D eigenvalue weighted by Crippen LogP contribution is -2.27. The minimum atomic E-state index is -0.250. The van der Waals surface area contributed by atoms with Gasteiger partial charge in [0.2, 0.25) is 0 Å². The Balaban J connectivity index is 0.00000161. The van der Waals surface area contributed by atoms with E-state index in [-0.39, 0.29) is 12.6 Å². The first kappa shape index (κ1) is 28.2. The topological polar surface area (TPSA) is 61.8 Å². The number of hydrogen-bond acceptors (Lipinski definition) is 4. The highest BCUT2D eigenvalue weighted by atomic mass is 35.5. The molecule has 0 radical (unpaired) electrons. The van der Waals surface area contributed by atoms with Gasteiger partial charge in [0.15, 0.2) is 0 Å². The second kappa shape index (κ2) is 15.9. The van der Waals surface area contributed by atoms with Crippen molar-refractivity contribution >= 4 is 29.7 Å². The summed E-state index contributed by atoms with van der Waals surface area (Å²) >= 11 is 12.5. The van der Waals surface area contributed by atoms with Crippen LogP contribution in [0.3, 0.4) is 0 Å². The van der Waals surface area contributed by atoms with Crippen molar-refractivity contribution < 1.29 is 14.6 Å². The van der Waals surface area contributed by atoms with Crippen molar-refractivity contribution in [2.45, 2.75) is 58.7 Å². The van der Waals surface area contributed by atoms with E-state index in [1.165, 1.54) is 5.56 Å². The molecule has 1 unspecified atom stereocenters. The molecule has 0 aliphatic heterocycles. The highest BCUT2D eigenvalue weighted by Crippen LogP contribution is 2.24. The van der Waals surface area contributed by atoms with Gasteiger partial charge in [-0.05, 0) is 69.6 Å². The van der Waals surface area contributed by atoms with E-state index < -0.39 is 0 Å². The van der Waals surface area contributed by atoms with Gasteiger partial charge in [-0.1, -0.05) is 55.2 Å². The summed E-state index contributed by atoms with van der Waals surface area (Å²) in [5, 5.41) is 11.8. The number of nitrogens with one attached hydrogen (secondary N) is 1. The number of benzene rings is 2. The van der Waals surface area contributed by atoms with Gasteiger partial charge in [-0.2, -0.15) is 0 Å². The van der Waals surface area contributed by atoms with Crippen molar-refractivity contribution in [3.05, 3.63) is 63.6 Å². The largest absolute Gasteiger partial charge is 0.490 e. The summed E-state index contributed by atoms with van der Waals surface area (Å²) in [7, 11) is 2.15. The fourth-order valence-electron chi connectivity index (χ4n) is 3.17. The highest BCUT2D eigenvalue weighted by Gasteiger charge is 2.11. The summed E-state index contributed by atoms with van der Waals surface area (Å²) in [6.07, 6.45) is 3.26. The Labute approximate surface area is 202 Å². The van der Waals surface area contributed by atoms with Gasteiger partial charge in [0.05, 0.1) is 6.10 Å². The number of carboxylic acid groups (broad SMARTS) is 1. The van der Waals surface area contributed by atoms with Crippen LogP contribution in [0, 0.1) is 0 Å². The number of nitrogens with zero attached hydrogens (tertiary/aromatic N) is 1. The monoisotopic (exact) mass is 482 g/mol. The van der Waals surface area contributed by atoms with Crippen LogP contribution in [0.5, 0.6) is 5.75 Å². The van der Waals surface area contributed by atoms with Gasteiger partial charge in [0.25, 0.3) is 6.47 Å². The van der Waals surface area contributed by atoms with Crippen molar-refractivity contribution in [1.29, 1.82) is 0 Å². The summed E-state index contributed by atoms with van der Waals surface area (Å²) < 4.78 is 6.18. The summed E-state index contributed by atoms with van der Waals surface area (Å²) in [4.78, 5) is 10.7. The van der Waals surface area contributed by atoms with Crippen LogP contribution in [0.25, 0.3) is 0 Å². The maximum absolute atomic E-state index is 8.36. The molecule has 0 saturated heterocycles. The Hall–Kier alpha value is -1.79. The van der Waals surface area contributed by atoms with Crippen molar-refractivity contribution in [1.82, 2.24) is 10.2 Å². The predicted molar refractivity (Wildman–Crippen MR) is 134 cm³/mol. The molecule has 0 bridgehead atoms. The molecule has 0 fully saturated rings. The van der Waals surface area contributed by atoms with Gasteiger partial charge < -0.3 is 20.1 Å². The molecular formula is C25H36Cl2N2O3. The molecule has 0 aliphatic rings. The Kier molecular flexibility index (Phi) is 14.1. The maximum Gasteiger partial charge on any atom is 0.290 e. The SMILES string of the molecule is CCC(CCN(C)CC)Oc1ccc(C[C@@H](C)NCc2c(Cl)cccc2Cl)cc1.O=CO. The fourth-order valence-corrected chi connectivity index (χ4v) is 3.70. The normalized spacial score (nSPS) is 12.6. The highest BCUT2D eigenvalue weighted by molar-refractivity contribution is 6.35. The lowest BCUT2D eigenvalue weighted by molar-refractivity contribution is -0.122.